The first-order chi connectivity index (χ1) is 9.00. The van der Waals surface area contributed by atoms with Gasteiger partial charge in [0.05, 0.1) is 6.10 Å². The summed E-state index contributed by atoms with van der Waals surface area (Å²) in [5.41, 5.74) is 0.265. The third kappa shape index (κ3) is 5.81. The molecule has 5 heteroatoms. The molecule has 0 aliphatic heterocycles. The van der Waals surface area contributed by atoms with Crippen LogP contribution in [0.3, 0.4) is 0 Å². The lowest BCUT2D eigenvalue weighted by atomic mass is 10.1. The van der Waals surface area contributed by atoms with Crippen molar-refractivity contribution in [3.63, 3.8) is 0 Å². The fraction of sp³-hybridized carbons (Fsp3) is 0.500. The first-order valence-electron chi connectivity index (χ1n) is 6.43. The van der Waals surface area contributed by atoms with Crippen molar-refractivity contribution in [2.45, 2.75) is 32.4 Å². The number of amides is 1. The molecule has 3 N–H and O–H groups in total. The smallest absolute Gasteiger partial charge is 0.221 e. The van der Waals surface area contributed by atoms with Crippen LogP contribution in [0, 0.1) is 5.82 Å². The van der Waals surface area contributed by atoms with Crippen molar-refractivity contribution in [1.82, 2.24) is 10.6 Å². The minimum atomic E-state index is -0.908. The van der Waals surface area contributed by atoms with Crippen molar-refractivity contribution in [3.05, 3.63) is 35.6 Å². The SMILES string of the molecule is CC(C)NC(=O)CCNCC(O)c1ccccc1F. The fourth-order valence-electron chi connectivity index (χ4n) is 1.69. The summed E-state index contributed by atoms with van der Waals surface area (Å²) in [7, 11) is 0. The van der Waals surface area contributed by atoms with Gasteiger partial charge in [0.2, 0.25) is 5.91 Å². The number of carbonyl (C=O) groups is 1. The minimum Gasteiger partial charge on any atom is -0.387 e. The molecule has 1 rings (SSSR count). The summed E-state index contributed by atoms with van der Waals surface area (Å²) in [4.78, 5) is 11.3. The maximum Gasteiger partial charge on any atom is 0.221 e. The van der Waals surface area contributed by atoms with Crippen LogP contribution in [0.15, 0.2) is 24.3 Å². The number of rotatable bonds is 7. The third-order valence-electron chi connectivity index (χ3n) is 2.58. The number of aliphatic hydroxyl groups is 1. The molecule has 19 heavy (non-hydrogen) atoms. The van der Waals surface area contributed by atoms with Crippen molar-refractivity contribution in [1.29, 1.82) is 0 Å². The van der Waals surface area contributed by atoms with E-state index >= 15 is 0 Å². The van der Waals surface area contributed by atoms with Crippen LogP contribution in [0.2, 0.25) is 0 Å². The van der Waals surface area contributed by atoms with E-state index in [0.29, 0.717) is 13.0 Å². The zero-order valence-corrected chi connectivity index (χ0v) is 11.3. The van der Waals surface area contributed by atoms with E-state index in [9.17, 15) is 14.3 Å². The standard InChI is InChI=1S/C14H21FN2O2/c1-10(2)17-14(19)7-8-16-9-13(18)11-5-3-4-6-12(11)15/h3-6,10,13,16,18H,7-9H2,1-2H3,(H,17,19). The highest BCUT2D eigenvalue weighted by molar-refractivity contribution is 5.76. The largest absolute Gasteiger partial charge is 0.387 e. The Labute approximate surface area is 113 Å². The summed E-state index contributed by atoms with van der Waals surface area (Å²) >= 11 is 0. The van der Waals surface area contributed by atoms with E-state index in [1.54, 1.807) is 18.2 Å². The normalized spacial score (nSPS) is 12.5. The fourth-order valence-corrected chi connectivity index (χ4v) is 1.69. The highest BCUT2D eigenvalue weighted by Crippen LogP contribution is 2.15. The van der Waals surface area contributed by atoms with Crippen molar-refractivity contribution in [3.8, 4) is 0 Å². The molecule has 0 fully saturated rings. The van der Waals surface area contributed by atoms with Gasteiger partial charge in [0, 0.05) is 31.1 Å². The Morgan fingerprint density at radius 3 is 2.68 bits per heavy atom. The van der Waals surface area contributed by atoms with Crippen LogP contribution in [-0.2, 0) is 4.79 Å². The Balaban J connectivity index is 2.26. The minimum absolute atomic E-state index is 0.0390. The molecule has 1 amide bonds. The maximum atomic E-state index is 13.4. The summed E-state index contributed by atoms with van der Waals surface area (Å²) < 4.78 is 13.4. The highest BCUT2D eigenvalue weighted by atomic mass is 19.1. The topological polar surface area (TPSA) is 61.4 Å². The van der Waals surface area contributed by atoms with E-state index < -0.39 is 11.9 Å². The van der Waals surface area contributed by atoms with Crippen molar-refractivity contribution in [2.24, 2.45) is 0 Å². The molecule has 1 aromatic rings. The quantitative estimate of drug-likeness (QED) is 0.654. The van der Waals surface area contributed by atoms with Gasteiger partial charge >= 0.3 is 0 Å². The lowest BCUT2D eigenvalue weighted by Crippen LogP contribution is -2.33. The summed E-state index contributed by atoms with van der Waals surface area (Å²) in [6, 6.07) is 6.24. The zero-order chi connectivity index (χ0) is 14.3. The lowest BCUT2D eigenvalue weighted by molar-refractivity contribution is -0.121. The van der Waals surface area contributed by atoms with E-state index in [1.165, 1.54) is 6.07 Å². The molecule has 0 aliphatic carbocycles. The van der Waals surface area contributed by atoms with Gasteiger partial charge in [-0.1, -0.05) is 18.2 Å². The molecule has 0 heterocycles. The number of benzene rings is 1. The molecule has 106 valence electrons. The van der Waals surface area contributed by atoms with E-state index in [2.05, 4.69) is 10.6 Å². The molecule has 0 saturated carbocycles. The number of aliphatic hydroxyl groups excluding tert-OH is 1. The van der Waals surface area contributed by atoms with Gasteiger partial charge in [0.1, 0.15) is 5.82 Å². The van der Waals surface area contributed by atoms with Gasteiger partial charge in [0.25, 0.3) is 0 Å². The monoisotopic (exact) mass is 268 g/mol. The summed E-state index contributed by atoms with van der Waals surface area (Å²) in [6.45, 7) is 4.46. The maximum absolute atomic E-state index is 13.4. The van der Waals surface area contributed by atoms with Crippen LogP contribution in [-0.4, -0.2) is 30.1 Å². The molecule has 4 nitrogen and oxygen atoms in total. The Hall–Kier alpha value is -1.46. The van der Waals surface area contributed by atoms with Crippen LogP contribution >= 0.6 is 0 Å². The molecule has 0 aromatic heterocycles. The summed E-state index contributed by atoms with van der Waals surface area (Å²) in [6.07, 6.45) is -0.573. The van der Waals surface area contributed by atoms with Crippen LogP contribution in [0.1, 0.15) is 31.9 Å². The number of hydrogen-bond acceptors (Lipinski definition) is 3. The Bertz CT molecular complexity index is 410. The molecule has 0 aliphatic rings. The molecule has 0 saturated heterocycles. The van der Waals surface area contributed by atoms with E-state index in [0.717, 1.165) is 0 Å². The molecule has 1 unspecified atom stereocenters. The average Bonchev–Trinajstić information content (AvgIpc) is 2.34. The van der Waals surface area contributed by atoms with Gasteiger partial charge in [-0.15, -0.1) is 0 Å². The van der Waals surface area contributed by atoms with Gasteiger partial charge in [-0.25, -0.2) is 4.39 Å². The predicted octanol–water partition coefficient (Wildman–Crippen LogP) is 1.36. The van der Waals surface area contributed by atoms with Gasteiger partial charge in [-0.2, -0.15) is 0 Å². The second-order valence-electron chi connectivity index (χ2n) is 4.71. The van der Waals surface area contributed by atoms with Crippen LogP contribution in [0.25, 0.3) is 0 Å². The van der Waals surface area contributed by atoms with Gasteiger partial charge in [-0.3, -0.25) is 4.79 Å². The van der Waals surface area contributed by atoms with Gasteiger partial charge in [-0.05, 0) is 19.9 Å². The first-order valence-corrected chi connectivity index (χ1v) is 6.43. The number of carbonyl (C=O) groups excluding carboxylic acids is 1. The Kier molecular flexibility index (Phi) is 6.45. The highest BCUT2D eigenvalue weighted by Gasteiger charge is 2.11. The van der Waals surface area contributed by atoms with E-state index in [4.69, 9.17) is 0 Å². The second kappa shape index (κ2) is 7.86. The number of halogens is 1. The van der Waals surface area contributed by atoms with Crippen LogP contribution in [0.4, 0.5) is 4.39 Å². The van der Waals surface area contributed by atoms with E-state index in [-0.39, 0.29) is 24.1 Å². The summed E-state index contributed by atoms with van der Waals surface area (Å²) in [5, 5.41) is 15.5. The first kappa shape index (κ1) is 15.6. The average molecular weight is 268 g/mol. The van der Waals surface area contributed by atoms with Crippen LogP contribution < -0.4 is 10.6 Å². The lowest BCUT2D eigenvalue weighted by Gasteiger charge is -2.13. The Morgan fingerprint density at radius 2 is 2.05 bits per heavy atom. The van der Waals surface area contributed by atoms with Gasteiger partial charge in [0.15, 0.2) is 0 Å². The second-order valence-corrected chi connectivity index (χ2v) is 4.71. The van der Waals surface area contributed by atoms with Crippen LogP contribution in [0.5, 0.6) is 0 Å². The molecule has 1 aromatic carbocycles. The molecular formula is C14H21FN2O2. The summed E-state index contributed by atoms with van der Waals surface area (Å²) in [5.74, 6) is -0.461. The van der Waals surface area contributed by atoms with E-state index in [1.807, 2.05) is 13.8 Å². The molecule has 0 radical (unpaired) electrons. The Morgan fingerprint density at radius 1 is 1.37 bits per heavy atom. The predicted molar refractivity (Wildman–Crippen MR) is 72.1 cm³/mol. The van der Waals surface area contributed by atoms with Gasteiger partial charge < -0.3 is 15.7 Å². The van der Waals surface area contributed by atoms with Crippen molar-refractivity contribution in [2.75, 3.05) is 13.1 Å². The molecule has 1 atom stereocenters. The third-order valence-corrected chi connectivity index (χ3v) is 2.58. The van der Waals surface area contributed by atoms with Crippen molar-refractivity contribution < 1.29 is 14.3 Å². The van der Waals surface area contributed by atoms with Crippen molar-refractivity contribution >= 4 is 5.91 Å². The number of hydrogen-bond donors (Lipinski definition) is 3. The number of nitrogens with one attached hydrogen (secondary N) is 2. The zero-order valence-electron chi connectivity index (χ0n) is 11.3. The molecule has 0 bridgehead atoms. The molecule has 0 spiro atoms. The molecular weight excluding hydrogens is 247 g/mol.